The minimum atomic E-state index is -0.0472. The molecule has 16 heavy (non-hydrogen) atoms. The van der Waals surface area contributed by atoms with E-state index in [1.54, 1.807) is 0 Å². The van der Waals surface area contributed by atoms with Crippen molar-refractivity contribution in [1.29, 1.82) is 0 Å². The van der Waals surface area contributed by atoms with Crippen LogP contribution < -0.4 is 5.32 Å². The molecule has 0 spiro atoms. The van der Waals surface area contributed by atoms with Gasteiger partial charge in [-0.15, -0.1) is 0 Å². The third kappa shape index (κ3) is 3.76. The van der Waals surface area contributed by atoms with Crippen LogP contribution in [0.4, 0.5) is 0 Å². The summed E-state index contributed by atoms with van der Waals surface area (Å²) in [6, 6.07) is 0. The number of nitrogens with one attached hydrogen (secondary N) is 1. The monoisotopic (exact) mass is 227 g/mol. The van der Waals surface area contributed by atoms with Crippen LogP contribution in [0.5, 0.6) is 0 Å². The highest BCUT2D eigenvalue weighted by atomic mass is 16.6. The molecule has 2 fully saturated rings. The molecule has 0 aliphatic carbocycles. The number of carbonyl (C=O) groups excluding carboxylic acids is 1. The summed E-state index contributed by atoms with van der Waals surface area (Å²) >= 11 is 0. The van der Waals surface area contributed by atoms with E-state index in [0.717, 1.165) is 32.5 Å². The zero-order valence-electron chi connectivity index (χ0n) is 9.74. The van der Waals surface area contributed by atoms with Crippen molar-refractivity contribution in [1.82, 2.24) is 5.32 Å². The highest BCUT2D eigenvalue weighted by molar-refractivity contribution is 5.69. The minimum Gasteiger partial charge on any atom is -0.460 e. The number of rotatable bonds is 4. The van der Waals surface area contributed by atoms with Gasteiger partial charge in [0.15, 0.2) is 0 Å². The zero-order chi connectivity index (χ0) is 11.2. The SMILES string of the molecule is O=C(CCC1CCNCC1)OC1CCOC1. The molecule has 2 aliphatic rings. The van der Waals surface area contributed by atoms with Crippen LogP contribution in [0, 0.1) is 5.92 Å². The molecule has 0 bridgehead atoms. The average molecular weight is 227 g/mol. The van der Waals surface area contributed by atoms with Crippen LogP contribution >= 0.6 is 0 Å². The van der Waals surface area contributed by atoms with Gasteiger partial charge in [0.2, 0.25) is 0 Å². The van der Waals surface area contributed by atoms with Crippen LogP contribution in [0.3, 0.4) is 0 Å². The third-order valence-corrected chi connectivity index (χ3v) is 3.40. The van der Waals surface area contributed by atoms with Gasteiger partial charge in [-0.05, 0) is 38.3 Å². The van der Waals surface area contributed by atoms with E-state index >= 15 is 0 Å². The molecule has 0 saturated carbocycles. The highest BCUT2D eigenvalue weighted by Gasteiger charge is 2.21. The Balaban J connectivity index is 1.59. The topological polar surface area (TPSA) is 47.6 Å². The summed E-state index contributed by atoms with van der Waals surface area (Å²) in [5.41, 5.74) is 0. The van der Waals surface area contributed by atoms with Crippen molar-refractivity contribution < 1.29 is 14.3 Å². The Morgan fingerprint density at radius 3 is 2.81 bits per heavy atom. The van der Waals surface area contributed by atoms with Crippen molar-refractivity contribution >= 4 is 5.97 Å². The first-order valence-electron chi connectivity index (χ1n) is 6.32. The highest BCUT2D eigenvalue weighted by Crippen LogP contribution is 2.18. The Labute approximate surface area is 96.7 Å². The average Bonchev–Trinajstić information content (AvgIpc) is 2.81. The molecule has 0 amide bonds. The van der Waals surface area contributed by atoms with E-state index < -0.39 is 0 Å². The molecular formula is C12H21NO3. The molecule has 4 nitrogen and oxygen atoms in total. The van der Waals surface area contributed by atoms with Gasteiger partial charge in [0.25, 0.3) is 0 Å². The normalized spacial score (nSPS) is 26.9. The van der Waals surface area contributed by atoms with Gasteiger partial charge < -0.3 is 14.8 Å². The molecule has 0 aromatic heterocycles. The Morgan fingerprint density at radius 2 is 2.12 bits per heavy atom. The predicted molar refractivity (Wildman–Crippen MR) is 60.1 cm³/mol. The second-order valence-electron chi connectivity index (χ2n) is 4.71. The van der Waals surface area contributed by atoms with Gasteiger partial charge >= 0.3 is 5.97 Å². The molecule has 4 heteroatoms. The number of hydrogen-bond acceptors (Lipinski definition) is 4. The summed E-state index contributed by atoms with van der Waals surface area (Å²) in [5.74, 6) is 0.655. The quantitative estimate of drug-likeness (QED) is 0.731. The fourth-order valence-electron chi connectivity index (χ4n) is 2.34. The Kier molecular flexibility index (Phi) is 4.60. The fourth-order valence-corrected chi connectivity index (χ4v) is 2.34. The van der Waals surface area contributed by atoms with E-state index in [0.29, 0.717) is 18.9 Å². The van der Waals surface area contributed by atoms with E-state index in [2.05, 4.69) is 5.32 Å². The lowest BCUT2D eigenvalue weighted by molar-refractivity contribution is -0.149. The summed E-state index contributed by atoms with van der Waals surface area (Å²) in [6.07, 6.45) is 4.81. The molecule has 1 atom stereocenters. The molecule has 0 radical (unpaired) electrons. The first-order valence-corrected chi connectivity index (χ1v) is 6.32. The van der Waals surface area contributed by atoms with Crippen LogP contribution in [0.1, 0.15) is 32.1 Å². The van der Waals surface area contributed by atoms with E-state index in [4.69, 9.17) is 9.47 Å². The molecular weight excluding hydrogens is 206 g/mol. The van der Waals surface area contributed by atoms with E-state index in [1.165, 1.54) is 12.8 Å². The standard InChI is InChI=1S/C12H21NO3/c14-12(16-11-5-8-15-9-11)2-1-10-3-6-13-7-4-10/h10-11,13H,1-9H2. The smallest absolute Gasteiger partial charge is 0.306 e. The summed E-state index contributed by atoms with van der Waals surface area (Å²) in [5, 5.41) is 3.33. The third-order valence-electron chi connectivity index (χ3n) is 3.40. The Hall–Kier alpha value is -0.610. The van der Waals surface area contributed by atoms with Crippen molar-refractivity contribution in [3.05, 3.63) is 0 Å². The molecule has 0 aromatic rings. The lowest BCUT2D eigenvalue weighted by atomic mass is 9.93. The number of esters is 1. The Morgan fingerprint density at radius 1 is 1.31 bits per heavy atom. The second kappa shape index (κ2) is 6.21. The van der Waals surface area contributed by atoms with Gasteiger partial charge in [-0.1, -0.05) is 0 Å². The molecule has 92 valence electrons. The lowest BCUT2D eigenvalue weighted by Crippen LogP contribution is -2.28. The van der Waals surface area contributed by atoms with Gasteiger partial charge in [-0.25, -0.2) is 0 Å². The van der Waals surface area contributed by atoms with Crippen molar-refractivity contribution in [2.45, 2.75) is 38.2 Å². The van der Waals surface area contributed by atoms with Crippen molar-refractivity contribution in [3.63, 3.8) is 0 Å². The number of piperidine rings is 1. The van der Waals surface area contributed by atoms with Crippen LogP contribution in [-0.4, -0.2) is 38.4 Å². The molecule has 2 saturated heterocycles. The fraction of sp³-hybridized carbons (Fsp3) is 0.917. The first-order chi connectivity index (χ1) is 7.84. The largest absolute Gasteiger partial charge is 0.460 e. The number of carbonyl (C=O) groups is 1. The van der Waals surface area contributed by atoms with Crippen molar-refractivity contribution in [2.24, 2.45) is 5.92 Å². The molecule has 0 aromatic carbocycles. The predicted octanol–water partition coefficient (Wildman–Crippen LogP) is 1.10. The van der Waals surface area contributed by atoms with Crippen LogP contribution in [0.25, 0.3) is 0 Å². The van der Waals surface area contributed by atoms with E-state index in [9.17, 15) is 4.79 Å². The van der Waals surface area contributed by atoms with Gasteiger partial charge in [-0.3, -0.25) is 4.79 Å². The number of ether oxygens (including phenoxy) is 2. The summed E-state index contributed by atoms with van der Waals surface area (Å²) < 4.78 is 10.5. The lowest BCUT2D eigenvalue weighted by Gasteiger charge is -2.22. The van der Waals surface area contributed by atoms with Crippen LogP contribution in [-0.2, 0) is 14.3 Å². The van der Waals surface area contributed by atoms with Crippen LogP contribution in [0.15, 0.2) is 0 Å². The maximum atomic E-state index is 11.5. The molecule has 1 N–H and O–H groups in total. The van der Waals surface area contributed by atoms with Gasteiger partial charge in [0.1, 0.15) is 6.10 Å². The zero-order valence-corrected chi connectivity index (χ0v) is 9.74. The molecule has 1 unspecified atom stereocenters. The van der Waals surface area contributed by atoms with E-state index in [-0.39, 0.29) is 12.1 Å². The molecule has 2 aliphatic heterocycles. The van der Waals surface area contributed by atoms with Crippen molar-refractivity contribution in [3.8, 4) is 0 Å². The van der Waals surface area contributed by atoms with Crippen molar-refractivity contribution in [2.75, 3.05) is 26.3 Å². The van der Waals surface area contributed by atoms with Crippen LogP contribution in [0.2, 0.25) is 0 Å². The summed E-state index contributed by atoms with van der Waals surface area (Å²) in [7, 11) is 0. The minimum absolute atomic E-state index is 0.0144. The maximum absolute atomic E-state index is 11.5. The number of hydrogen-bond donors (Lipinski definition) is 1. The Bertz CT molecular complexity index is 220. The molecule has 2 heterocycles. The van der Waals surface area contributed by atoms with E-state index in [1.807, 2.05) is 0 Å². The van der Waals surface area contributed by atoms with Gasteiger partial charge in [0.05, 0.1) is 13.2 Å². The van der Waals surface area contributed by atoms with Gasteiger partial charge in [0, 0.05) is 12.8 Å². The van der Waals surface area contributed by atoms with Gasteiger partial charge in [-0.2, -0.15) is 0 Å². The molecule has 2 rings (SSSR count). The summed E-state index contributed by atoms with van der Waals surface area (Å²) in [6.45, 7) is 3.50. The second-order valence-corrected chi connectivity index (χ2v) is 4.71. The maximum Gasteiger partial charge on any atom is 0.306 e. The first kappa shape index (κ1) is 11.9. The summed E-state index contributed by atoms with van der Waals surface area (Å²) in [4.78, 5) is 11.5.